The molecule has 1 fully saturated rings. The third kappa shape index (κ3) is 2.66. The Hall–Kier alpha value is -1.50. The number of nitrogens with one attached hydrogen (secondary N) is 1. The molecule has 0 aromatic rings. The van der Waals surface area contributed by atoms with E-state index < -0.39 is 6.04 Å². The van der Waals surface area contributed by atoms with Crippen LogP contribution in [-0.4, -0.2) is 34.8 Å². The molecule has 4 nitrogen and oxygen atoms in total. The van der Waals surface area contributed by atoms with Crippen LogP contribution in [0.3, 0.4) is 0 Å². The zero-order chi connectivity index (χ0) is 13.7. The molecule has 4 heteroatoms. The molecule has 1 aliphatic rings. The van der Waals surface area contributed by atoms with E-state index in [9.17, 15) is 9.59 Å². The SMILES string of the molecule is C#CCC(CC)N1C(=O)C(CC)NC(=O)C1CC. The third-order valence-corrected chi connectivity index (χ3v) is 3.52. The van der Waals surface area contributed by atoms with Gasteiger partial charge in [-0.25, -0.2) is 0 Å². The summed E-state index contributed by atoms with van der Waals surface area (Å²) in [6, 6.07) is -0.807. The van der Waals surface area contributed by atoms with Crippen LogP contribution in [0.1, 0.15) is 46.5 Å². The maximum Gasteiger partial charge on any atom is 0.246 e. The van der Waals surface area contributed by atoms with Crippen molar-refractivity contribution in [2.45, 2.75) is 64.6 Å². The first-order valence-corrected chi connectivity index (χ1v) is 6.66. The smallest absolute Gasteiger partial charge is 0.246 e. The van der Waals surface area contributed by atoms with Crippen molar-refractivity contribution >= 4 is 11.8 Å². The monoisotopic (exact) mass is 250 g/mol. The Labute approximate surface area is 109 Å². The van der Waals surface area contributed by atoms with Crippen LogP contribution in [0.5, 0.6) is 0 Å². The number of nitrogens with zero attached hydrogens (tertiary/aromatic N) is 1. The molecule has 0 spiro atoms. The number of carbonyl (C=O) groups is 2. The molecular formula is C14H22N2O2. The van der Waals surface area contributed by atoms with Gasteiger partial charge < -0.3 is 10.2 Å². The fourth-order valence-corrected chi connectivity index (χ4v) is 2.46. The van der Waals surface area contributed by atoms with E-state index in [0.29, 0.717) is 19.3 Å². The van der Waals surface area contributed by atoms with Crippen LogP contribution < -0.4 is 5.32 Å². The molecule has 0 aromatic carbocycles. The van der Waals surface area contributed by atoms with Gasteiger partial charge in [0, 0.05) is 12.5 Å². The normalized spacial score (nSPS) is 25.6. The molecule has 100 valence electrons. The fourth-order valence-electron chi connectivity index (χ4n) is 2.46. The van der Waals surface area contributed by atoms with Crippen molar-refractivity contribution in [2.75, 3.05) is 0 Å². The van der Waals surface area contributed by atoms with Gasteiger partial charge in [0.2, 0.25) is 11.8 Å². The quantitative estimate of drug-likeness (QED) is 0.748. The Bertz CT molecular complexity index is 359. The lowest BCUT2D eigenvalue weighted by Gasteiger charge is -2.42. The number of rotatable bonds is 5. The van der Waals surface area contributed by atoms with Crippen molar-refractivity contribution in [3.8, 4) is 12.3 Å². The van der Waals surface area contributed by atoms with Gasteiger partial charge in [-0.15, -0.1) is 12.3 Å². The van der Waals surface area contributed by atoms with Crippen LogP contribution in [0, 0.1) is 12.3 Å². The summed E-state index contributed by atoms with van der Waals surface area (Å²) < 4.78 is 0. The van der Waals surface area contributed by atoms with Crippen LogP contribution in [0.15, 0.2) is 0 Å². The first-order chi connectivity index (χ1) is 8.60. The van der Waals surface area contributed by atoms with Crippen molar-refractivity contribution in [1.29, 1.82) is 0 Å². The summed E-state index contributed by atoms with van der Waals surface area (Å²) in [4.78, 5) is 26.1. The van der Waals surface area contributed by atoms with E-state index in [1.54, 1.807) is 4.90 Å². The van der Waals surface area contributed by atoms with Crippen molar-refractivity contribution in [2.24, 2.45) is 0 Å². The van der Waals surface area contributed by atoms with Crippen molar-refractivity contribution < 1.29 is 9.59 Å². The predicted octanol–water partition coefficient (Wildman–Crippen LogP) is 1.30. The second-order valence-electron chi connectivity index (χ2n) is 4.61. The molecule has 0 radical (unpaired) electrons. The van der Waals surface area contributed by atoms with Crippen LogP contribution in [0.4, 0.5) is 0 Å². The third-order valence-electron chi connectivity index (χ3n) is 3.52. The first-order valence-electron chi connectivity index (χ1n) is 6.66. The lowest BCUT2D eigenvalue weighted by molar-refractivity contribution is -0.152. The molecule has 1 saturated heterocycles. The fraction of sp³-hybridized carbons (Fsp3) is 0.714. The first kappa shape index (κ1) is 14.6. The molecule has 1 aliphatic heterocycles. The number of amides is 2. The van der Waals surface area contributed by atoms with E-state index in [-0.39, 0.29) is 23.9 Å². The highest BCUT2D eigenvalue weighted by molar-refractivity contribution is 5.97. The Balaban J connectivity index is 3.02. The highest BCUT2D eigenvalue weighted by atomic mass is 16.2. The minimum absolute atomic E-state index is 0.00560. The highest BCUT2D eigenvalue weighted by Gasteiger charge is 2.41. The van der Waals surface area contributed by atoms with Crippen LogP contribution in [0.25, 0.3) is 0 Å². The molecule has 1 rings (SSSR count). The minimum atomic E-state index is -0.396. The number of terminal acetylenes is 1. The summed E-state index contributed by atoms with van der Waals surface area (Å²) in [5.41, 5.74) is 0. The van der Waals surface area contributed by atoms with Gasteiger partial charge in [0.05, 0.1) is 0 Å². The van der Waals surface area contributed by atoms with Crippen LogP contribution in [-0.2, 0) is 9.59 Å². The van der Waals surface area contributed by atoms with Gasteiger partial charge in [0.15, 0.2) is 0 Å². The lowest BCUT2D eigenvalue weighted by Crippen LogP contribution is -2.65. The number of carbonyl (C=O) groups excluding carboxylic acids is 2. The summed E-state index contributed by atoms with van der Waals surface area (Å²) in [6.07, 6.45) is 7.87. The molecule has 0 saturated carbocycles. The van der Waals surface area contributed by atoms with Gasteiger partial charge in [-0.05, 0) is 19.3 Å². The summed E-state index contributed by atoms with van der Waals surface area (Å²) >= 11 is 0. The number of hydrogen-bond acceptors (Lipinski definition) is 2. The zero-order valence-electron chi connectivity index (χ0n) is 11.4. The van der Waals surface area contributed by atoms with Crippen molar-refractivity contribution in [1.82, 2.24) is 10.2 Å². The van der Waals surface area contributed by atoms with E-state index in [1.165, 1.54) is 0 Å². The van der Waals surface area contributed by atoms with E-state index in [0.717, 1.165) is 6.42 Å². The Morgan fingerprint density at radius 1 is 1.33 bits per heavy atom. The maximum atomic E-state index is 12.4. The average Bonchev–Trinajstić information content (AvgIpc) is 2.38. The molecular weight excluding hydrogens is 228 g/mol. The van der Waals surface area contributed by atoms with E-state index in [2.05, 4.69) is 11.2 Å². The molecule has 0 bridgehead atoms. The standard InChI is InChI=1S/C14H22N2O2/c1-5-9-10(6-2)16-12(8-4)13(17)15-11(7-3)14(16)18/h1,10-12H,6-9H2,2-4H3,(H,15,17). The van der Waals surface area contributed by atoms with E-state index in [1.807, 2.05) is 20.8 Å². The minimum Gasteiger partial charge on any atom is -0.343 e. The highest BCUT2D eigenvalue weighted by Crippen LogP contribution is 2.21. The molecule has 1 N–H and O–H groups in total. The Kier molecular flexibility index (Phi) is 5.21. The van der Waals surface area contributed by atoms with Crippen molar-refractivity contribution in [3.63, 3.8) is 0 Å². The average molecular weight is 250 g/mol. The molecule has 1 heterocycles. The molecule has 2 amide bonds. The Morgan fingerprint density at radius 2 is 2.00 bits per heavy atom. The summed E-state index contributed by atoms with van der Waals surface area (Å²) in [6.45, 7) is 5.81. The Morgan fingerprint density at radius 3 is 2.44 bits per heavy atom. The summed E-state index contributed by atoms with van der Waals surface area (Å²) in [5, 5.41) is 2.79. The summed E-state index contributed by atoms with van der Waals surface area (Å²) in [7, 11) is 0. The van der Waals surface area contributed by atoms with Crippen molar-refractivity contribution in [3.05, 3.63) is 0 Å². The number of hydrogen-bond donors (Lipinski definition) is 1. The van der Waals surface area contributed by atoms with E-state index in [4.69, 9.17) is 6.42 Å². The van der Waals surface area contributed by atoms with Gasteiger partial charge in [0.25, 0.3) is 0 Å². The van der Waals surface area contributed by atoms with Gasteiger partial charge in [0.1, 0.15) is 12.1 Å². The predicted molar refractivity (Wildman–Crippen MR) is 70.7 cm³/mol. The maximum absolute atomic E-state index is 12.4. The number of piperazine rings is 1. The summed E-state index contributed by atoms with van der Waals surface area (Å²) in [5.74, 6) is 2.55. The molecule has 3 unspecified atom stereocenters. The second kappa shape index (κ2) is 6.44. The van der Waals surface area contributed by atoms with Gasteiger partial charge in [-0.3, -0.25) is 9.59 Å². The molecule has 0 aliphatic carbocycles. The topological polar surface area (TPSA) is 49.4 Å². The zero-order valence-corrected chi connectivity index (χ0v) is 11.4. The van der Waals surface area contributed by atoms with E-state index >= 15 is 0 Å². The largest absolute Gasteiger partial charge is 0.343 e. The molecule has 18 heavy (non-hydrogen) atoms. The van der Waals surface area contributed by atoms with Gasteiger partial charge in [-0.2, -0.15) is 0 Å². The van der Waals surface area contributed by atoms with Crippen LogP contribution >= 0.6 is 0 Å². The molecule has 0 aromatic heterocycles. The van der Waals surface area contributed by atoms with Gasteiger partial charge >= 0.3 is 0 Å². The van der Waals surface area contributed by atoms with Crippen LogP contribution in [0.2, 0.25) is 0 Å². The molecule has 3 atom stereocenters. The second-order valence-corrected chi connectivity index (χ2v) is 4.61. The lowest BCUT2D eigenvalue weighted by atomic mass is 9.98. The van der Waals surface area contributed by atoms with Gasteiger partial charge in [-0.1, -0.05) is 20.8 Å².